The minimum absolute atomic E-state index is 0.0101. The number of rotatable bonds is 0. The van der Waals surface area contributed by atoms with Crippen LogP contribution in [-0.2, 0) is 0 Å². The van der Waals surface area contributed by atoms with Gasteiger partial charge in [0.1, 0.15) is 0 Å². The monoisotopic (exact) mass is 326 g/mol. The van der Waals surface area contributed by atoms with Crippen LogP contribution in [-0.4, -0.2) is 10.2 Å². The molecule has 1 aromatic rings. The second-order valence-corrected chi connectivity index (χ2v) is 9.50. The molecule has 4 atom stereocenters. The molecule has 3 rings (SSSR count). The molecule has 0 fully saturated rings. The molecule has 2 aliphatic carbocycles. The fourth-order valence-corrected chi connectivity index (χ4v) is 4.01. The summed E-state index contributed by atoms with van der Waals surface area (Å²) in [4.78, 5) is 0. The second-order valence-electron chi connectivity index (χ2n) is 9.50. The molecule has 130 valence electrons. The summed E-state index contributed by atoms with van der Waals surface area (Å²) in [5, 5.41) is 21.7. The Labute approximate surface area is 145 Å². The highest BCUT2D eigenvalue weighted by molar-refractivity contribution is 5.67. The van der Waals surface area contributed by atoms with Crippen LogP contribution in [0.1, 0.15) is 76.0 Å². The highest BCUT2D eigenvalue weighted by atomic mass is 16.3. The van der Waals surface area contributed by atoms with Crippen LogP contribution in [0.5, 0.6) is 0 Å². The van der Waals surface area contributed by atoms with Gasteiger partial charge >= 0.3 is 0 Å². The van der Waals surface area contributed by atoms with Gasteiger partial charge in [-0.1, -0.05) is 65.8 Å². The van der Waals surface area contributed by atoms with Gasteiger partial charge in [-0.3, -0.25) is 0 Å². The number of benzene rings is 1. The van der Waals surface area contributed by atoms with E-state index in [0.29, 0.717) is 0 Å². The first kappa shape index (κ1) is 17.4. The first-order valence-corrected chi connectivity index (χ1v) is 8.90. The van der Waals surface area contributed by atoms with Crippen LogP contribution in [0.15, 0.2) is 24.3 Å². The summed E-state index contributed by atoms with van der Waals surface area (Å²) in [6, 6.07) is 4.13. The van der Waals surface area contributed by atoms with Crippen LogP contribution in [0.4, 0.5) is 0 Å². The molecule has 1 aromatic carbocycles. The minimum Gasteiger partial charge on any atom is -0.388 e. The van der Waals surface area contributed by atoms with Gasteiger partial charge in [0.25, 0.3) is 0 Å². The van der Waals surface area contributed by atoms with E-state index in [9.17, 15) is 10.2 Å². The normalized spacial score (nSPS) is 29.3. The Kier molecular flexibility index (Phi) is 4.05. The van der Waals surface area contributed by atoms with E-state index in [-0.39, 0.29) is 22.7 Å². The van der Waals surface area contributed by atoms with Crippen molar-refractivity contribution in [1.82, 2.24) is 0 Å². The summed E-state index contributed by atoms with van der Waals surface area (Å²) in [7, 11) is 0. The quantitative estimate of drug-likeness (QED) is 0.693. The summed E-state index contributed by atoms with van der Waals surface area (Å²) >= 11 is 0. The lowest BCUT2D eigenvalue weighted by Gasteiger charge is -2.38. The van der Waals surface area contributed by atoms with Gasteiger partial charge in [0, 0.05) is 11.8 Å². The van der Waals surface area contributed by atoms with E-state index in [4.69, 9.17) is 0 Å². The third kappa shape index (κ3) is 2.87. The summed E-state index contributed by atoms with van der Waals surface area (Å²) in [6.45, 7) is 13.0. The Morgan fingerprint density at radius 1 is 0.667 bits per heavy atom. The van der Waals surface area contributed by atoms with Gasteiger partial charge in [-0.15, -0.1) is 0 Å². The van der Waals surface area contributed by atoms with E-state index in [0.717, 1.165) is 22.3 Å². The first-order chi connectivity index (χ1) is 11.0. The summed E-state index contributed by atoms with van der Waals surface area (Å²) in [6.07, 6.45) is 7.45. The Morgan fingerprint density at radius 2 is 1.00 bits per heavy atom. The topological polar surface area (TPSA) is 40.5 Å². The van der Waals surface area contributed by atoms with Gasteiger partial charge in [0.2, 0.25) is 0 Å². The number of hydrogen-bond donors (Lipinski definition) is 2. The largest absolute Gasteiger partial charge is 0.388 e. The molecule has 24 heavy (non-hydrogen) atoms. The minimum atomic E-state index is -0.499. The van der Waals surface area contributed by atoms with E-state index in [2.05, 4.69) is 78.0 Å². The fourth-order valence-electron chi connectivity index (χ4n) is 4.01. The molecule has 0 bridgehead atoms. The molecule has 0 aliphatic heterocycles. The van der Waals surface area contributed by atoms with Crippen LogP contribution in [0.2, 0.25) is 0 Å². The molecule has 0 radical (unpaired) electrons. The molecule has 2 aliphatic rings. The molecule has 0 heterocycles. The maximum absolute atomic E-state index is 10.9. The van der Waals surface area contributed by atoms with Crippen molar-refractivity contribution in [2.75, 3.05) is 0 Å². The molecule has 2 nitrogen and oxygen atoms in total. The van der Waals surface area contributed by atoms with E-state index in [1.165, 1.54) is 0 Å². The third-order valence-electron chi connectivity index (χ3n) is 5.57. The zero-order valence-electron chi connectivity index (χ0n) is 15.7. The molecule has 0 saturated carbocycles. The van der Waals surface area contributed by atoms with E-state index >= 15 is 0 Å². The lowest BCUT2D eigenvalue weighted by atomic mass is 9.69. The van der Waals surface area contributed by atoms with Crippen molar-refractivity contribution in [3.63, 3.8) is 0 Å². The second kappa shape index (κ2) is 5.57. The lowest BCUT2D eigenvalue weighted by molar-refractivity contribution is 0.0662. The van der Waals surface area contributed by atoms with Gasteiger partial charge in [-0.05, 0) is 45.2 Å². The number of aliphatic hydroxyl groups is 2. The number of fused-ring (bicyclic) bond motifs is 2. The number of hydrogen-bond acceptors (Lipinski definition) is 2. The fraction of sp³-hybridized carbons (Fsp3) is 0.545. The maximum atomic E-state index is 10.9. The Bertz CT molecular complexity index is 636. The molecule has 0 unspecified atom stereocenters. The third-order valence-corrected chi connectivity index (χ3v) is 5.57. The smallest absolute Gasteiger partial charge is 0.0863 e. The number of aliphatic hydroxyl groups excluding tert-OH is 2. The predicted molar refractivity (Wildman–Crippen MR) is 100 cm³/mol. The summed E-state index contributed by atoms with van der Waals surface area (Å²) < 4.78 is 0. The van der Waals surface area contributed by atoms with Crippen molar-refractivity contribution >= 4 is 12.2 Å². The molecular weight excluding hydrogens is 296 g/mol. The van der Waals surface area contributed by atoms with Gasteiger partial charge in [-0.2, -0.15) is 0 Å². The molecular formula is C22H30O2. The standard InChI is InChI=1S/C22H30O2/c1-21(2,3)17-9-7-13-12-16-14(11-15(13)19(17)23)8-10-18(20(16)24)22(4,5)6/h7-12,17-20,23-24H,1-6H3/t17-,18-,19+,20+/m1/s1. The Morgan fingerprint density at radius 3 is 1.29 bits per heavy atom. The van der Waals surface area contributed by atoms with Gasteiger partial charge in [-0.25, -0.2) is 0 Å². The molecule has 0 saturated heterocycles. The van der Waals surface area contributed by atoms with E-state index in [1.807, 2.05) is 0 Å². The van der Waals surface area contributed by atoms with Crippen LogP contribution in [0, 0.1) is 22.7 Å². The average molecular weight is 326 g/mol. The van der Waals surface area contributed by atoms with Crippen LogP contribution < -0.4 is 0 Å². The van der Waals surface area contributed by atoms with Gasteiger partial charge in [0.15, 0.2) is 0 Å². The van der Waals surface area contributed by atoms with E-state index < -0.39 is 12.2 Å². The van der Waals surface area contributed by atoms with Gasteiger partial charge in [0.05, 0.1) is 12.2 Å². The SMILES string of the molecule is CC(C)(C)[C@@H]1C=Cc2cc3c(cc2[C@@H]1O)C=C[C@@H](C(C)(C)C)[C@H]3O. The van der Waals surface area contributed by atoms with Crippen molar-refractivity contribution in [3.8, 4) is 0 Å². The zero-order valence-corrected chi connectivity index (χ0v) is 15.7. The molecule has 0 aromatic heterocycles. The van der Waals surface area contributed by atoms with Crippen molar-refractivity contribution < 1.29 is 10.2 Å². The van der Waals surface area contributed by atoms with E-state index in [1.54, 1.807) is 0 Å². The van der Waals surface area contributed by atoms with Crippen LogP contribution in [0.25, 0.3) is 12.2 Å². The van der Waals surface area contributed by atoms with Crippen molar-refractivity contribution in [1.29, 1.82) is 0 Å². The van der Waals surface area contributed by atoms with Gasteiger partial charge < -0.3 is 10.2 Å². The highest BCUT2D eigenvalue weighted by Crippen LogP contribution is 2.46. The Hall–Kier alpha value is -1.38. The summed E-state index contributed by atoms with van der Waals surface area (Å²) in [5.41, 5.74) is 4.03. The van der Waals surface area contributed by atoms with Crippen LogP contribution >= 0.6 is 0 Å². The van der Waals surface area contributed by atoms with Crippen molar-refractivity contribution in [2.45, 2.75) is 53.8 Å². The first-order valence-electron chi connectivity index (χ1n) is 8.90. The summed E-state index contributed by atoms with van der Waals surface area (Å²) in [5.74, 6) is 0.200. The highest BCUT2D eigenvalue weighted by Gasteiger charge is 2.37. The average Bonchev–Trinajstić information content (AvgIpc) is 2.44. The molecule has 2 N–H and O–H groups in total. The maximum Gasteiger partial charge on any atom is 0.0863 e. The molecule has 0 spiro atoms. The van der Waals surface area contributed by atoms with Crippen LogP contribution in [0.3, 0.4) is 0 Å². The Balaban J connectivity index is 2.04. The lowest BCUT2D eigenvalue weighted by Crippen LogP contribution is -2.29. The van der Waals surface area contributed by atoms with Crippen molar-refractivity contribution in [2.24, 2.45) is 22.7 Å². The zero-order chi connectivity index (χ0) is 17.9. The van der Waals surface area contributed by atoms with Crippen molar-refractivity contribution in [3.05, 3.63) is 46.5 Å². The molecule has 0 amide bonds. The predicted octanol–water partition coefficient (Wildman–Crippen LogP) is 5.13. The molecule has 2 heteroatoms.